The summed E-state index contributed by atoms with van der Waals surface area (Å²) < 4.78 is 5.48. The summed E-state index contributed by atoms with van der Waals surface area (Å²) in [6.45, 7) is 0. The number of fused-ring (bicyclic) bond motifs is 1. The molecular formula is C16H12O8. The third kappa shape index (κ3) is 2.44. The number of hydrogen-bond donors (Lipinski definition) is 4. The Labute approximate surface area is 134 Å². The van der Waals surface area contributed by atoms with Crippen molar-refractivity contribution in [3.05, 3.63) is 40.6 Å². The van der Waals surface area contributed by atoms with Crippen molar-refractivity contribution in [3.63, 3.8) is 0 Å². The van der Waals surface area contributed by atoms with E-state index in [-0.39, 0.29) is 33.8 Å². The topological polar surface area (TPSA) is 130 Å². The lowest BCUT2D eigenvalue weighted by molar-refractivity contribution is -0.178. The fourth-order valence-corrected chi connectivity index (χ4v) is 2.27. The summed E-state index contributed by atoms with van der Waals surface area (Å²) >= 11 is 0. The van der Waals surface area contributed by atoms with Crippen LogP contribution in [0.3, 0.4) is 0 Å². The molecule has 4 N–H and O–H groups in total. The van der Waals surface area contributed by atoms with Crippen molar-refractivity contribution in [2.45, 2.75) is 0 Å². The summed E-state index contributed by atoms with van der Waals surface area (Å²) in [6.07, 6.45) is 0. The molecule has 0 saturated carbocycles. The third-order valence-corrected chi connectivity index (χ3v) is 3.34. The molecule has 0 aliphatic carbocycles. The largest absolute Gasteiger partial charge is 0.507 e. The van der Waals surface area contributed by atoms with E-state index in [0.717, 1.165) is 12.1 Å². The molecule has 24 heavy (non-hydrogen) atoms. The van der Waals surface area contributed by atoms with Crippen LogP contribution >= 0.6 is 0 Å². The van der Waals surface area contributed by atoms with Gasteiger partial charge in [0.1, 0.15) is 16.7 Å². The van der Waals surface area contributed by atoms with E-state index in [1.807, 2.05) is 0 Å². The summed E-state index contributed by atoms with van der Waals surface area (Å²) in [5, 5.41) is 38.7. The van der Waals surface area contributed by atoms with Gasteiger partial charge in [-0.15, -0.1) is 0 Å². The molecule has 8 nitrogen and oxygen atoms in total. The van der Waals surface area contributed by atoms with Gasteiger partial charge in [0.15, 0.2) is 23.0 Å². The van der Waals surface area contributed by atoms with E-state index < -0.39 is 22.7 Å². The molecule has 1 heterocycles. The number of hydrogen-bond acceptors (Lipinski definition) is 8. The smallest absolute Gasteiger partial charge is 0.238 e. The first-order chi connectivity index (χ1) is 11.4. The van der Waals surface area contributed by atoms with E-state index in [1.165, 1.54) is 25.3 Å². The van der Waals surface area contributed by atoms with Gasteiger partial charge in [-0.05, 0) is 18.2 Å². The standard InChI is InChI=1S/C16H12O8/c1-22-24-8-5-11(19)13-12(6-8)23-16(15(21)14(13)20)7-2-3-9(17)10(18)4-7/h2-6,17-19,21H,1H3. The van der Waals surface area contributed by atoms with Crippen molar-refractivity contribution in [1.82, 2.24) is 0 Å². The van der Waals surface area contributed by atoms with Crippen LogP contribution in [0.5, 0.6) is 28.7 Å². The molecule has 1 aromatic heterocycles. The molecule has 0 saturated heterocycles. The maximum absolute atomic E-state index is 12.3. The second kappa shape index (κ2) is 5.67. The lowest BCUT2D eigenvalue weighted by Gasteiger charge is -2.09. The van der Waals surface area contributed by atoms with E-state index in [9.17, 15) is 25.2 Å². The molecule has 3 rings (SSSR count). The third-order valence-electron chi connectivity index (χ3n) is 3.34. The summed E-state index contributed by atoms with van der Waals surface area (Å²) in [7, 11) is 1.26. The Kier molecular flexibility index (Phi) is 3.66. The SMILES string of the molecule is COOc1cc(O)c2c(=O)c(O)c(-c3ccc(O)c(O)c3)oc2c1. The number of phenolic OH excluding ortho intramolecular Hbond substituents is 3. The van der Waals surface area contributed by atoms with Crippen molar-refractivity contribution in [1.29, 1.82) is 0 Å². The minimum Gasteiger partial charge on any atom is -0.507 e. The van der Waals surface area contributed by atoms with Crippen LogP contribution in [0.2, 0.25) is 0 Å². The molecule has 2 aromatic carbocycles. The molecule has 0 radical (unpaired) electrons. The van der Waals surface area contributed by atoms with Gasteiger partial charge in [0.25, 0.3) is 0 Å². The van der Waals surface area contributed by atoms with Crippen LogP contribution in [0, 0.1) is 0 Å². The minimum atomic E-state index is -0.861. The second-order valence-corrected chi connectivity index (χ2v) is 4.88. The minimum absolute atomic E-state index is 0.0626. The Morgan fingerprint density at radius 3 is 2.38 bits per heavy atom. The molecule has 0 aliphatic rings. The lowest BCUT2D eigenvalue weighted by Crippen LogP contribution is -2.03. The van der Waals surface area contributed by atoms with Crippen LogP contribution in [-0.4, -0.2) is 27.5 Å². The zero-order valence-electron chi connectivity index (χ0n) is 12.3. The molecule has 0 bridgehead atoms. The molecule has 0 amide bonds. The van der Waals surface area contributed by atoms with E-state index >= 15 is 0 Å². The molecule has 0 unspecified atom stereocenters. The summed E-state index contributed by atoms with van der Waals surface area (Å²) in [5.74, 6) is -2.18. The van der Waals surface area contributed by atoms with E-state index in [0.29, 0.717) is 0 Å². The average Bonchev–Trinajstić information content (AvgIpc) is 2.53. The maximum Gasteiger partial charge on any atom is 0.238 e. The monoisotopic (exact) mass is 332 g/mol. The van der Waals surface area contributed by atoms with Gasteiger partial charge in [-0.1, -0.05) is 0 Å². The molecule has 8 heteroatoms. The van der Waals surface area contributed by atoms with Crippen molar-refractivity contribution >= 4 is 11.0 Å². The van der Waals surface area contributed by atoms with Crippen molar-refractivity contribution < 1.29 is 34.6 Å². The maximum atomic E-state index is 12.3. The van der Waals surface area contributed by atoms with Gasteiger partial charge >= 0.3 is 0 Å². The fourth-order valence-electron chi connectivity index (χ4n) is 2.27. The van der Waals surface area contributed by atoms with Gasteiger partial charge in [-0.2, -0.15) is 4.89 Å². The van der Waals surface area contributed by atoms with Crippen LogP contribution in [0.4, 0.5) is 0 Å². The summed E-state index contributed by atoms with van der Waals surface area (Å²) in [4.78, 5) is 21.6. The van der Waals surface area contributed by atoms with Crippen molar-refractivity contribution in [2.24, 2.45) is 0 Å². The Hall–Kier alpha value is -3.39. The molecule has 0 spiro atoms. The number of aromatic hydroxyl groups is 4. The predicted octanol–water partition coefficient (Wildman–Crippen LogP) is 2.22. The van der Waals surface area contributed by atoms with E-state index in [4.69, 9.17) is 9.30 Å². The molecule has 124 valence electrons. The first-order valence-corrected chi connectivity index (χ1v) is 6.68. The van der Waals surface area contributed by atoms with E-state index in [2.05, 4.69) is 4.89 Å². The molecular weight excluding hydrogens is 320 g/mol. The Morgan fingerprint density at radius 1 is 0.958 bits per heavy atom. The summed E-state index contributed by atoms with van der Waals surface area (Å²) in [6, 6.07) is 6.07. The van der Waals surface area contributed by atoms with Gasteiger partial charge in [0.05, 0.1) is 7.11 Å². The van der Waals surface area contributed by atoms with Gasteiger partial charge in [0.2, 0.25) is 11.2 Å². The van der Waals surface area contributed by atoms with Gasteiger partial charge in [-0.3, -0.25) is 4.79 Å². The average molecular weight is 332 g/mol. The highest BCUT2D eigenvalue weighted by molar-refractivity contribution is 5.88. The van der Waals surface area contributed by atoms with Crippen molar-refractivity contribution in [3.8, 4) is 40.1 Å². The Morgan fingerprint density at radius 2 is 1.71 bits per heavy atom. The zero-order chi connectivity index (χ0) is 17.4. The van der Waals surface area contributed by atoms with E-state index in [1.54, 1.807) is 0 Å². The molecule has 0 fully saturated rings. The zero-order valence-corrected chi connectivity index (χ0v) is 12.3. The lowest BCUT2D eigenvalue weighted by atomic mass is 10.1. The quantitative estimate of drug-likeness (QED) is 0.326. The molecule has 3 aromatic rings. The van der Waals surface area contributed by atoms with Crippen molar-refractivity contribution in [2.75, 3.05) is 7.11 Å². The van der Waals surface area contributed by atoms with Crippen LogP contribution in [0.1, 0.15) is 0 Å². The number of benzene rings is 2. The second-order valence-electron chi connectivity index (χ2n) is 4.88. The first kappa shape index (κ1) is 15.5. The van der Waals surface area contributed by atoms with Crippen LogP contribution in [-0.2, 0) is 4.89 Å². The Bertz CT molecular complexity index is 990. The number of rotatable bonds is 3. The van der Waals surface area contributed by atoms with Crippen LogP contribution < -0.4 is 10.3 Å². The molecule has 0 atom stereocenters. The summed E-state index contributed by atoms with van der Waals surface area (Å²) in [5.41, 5.74) is -0.771. The fraction of sp³-hybridized carbons (Fsp3) is 0.0625. The van der Waals surface area contributed by atoms with Crippen LogP contribution in [0.15, 0.2) is 39.5 Å². The highest BCUT2D eigenvalue weighted by Gasteiger charge is 2.20. The van der Waals surface area contributed by atoms with Gasteiger partial charge in [-0.25, -0.2) is 0 Å². The van der Waals surface area contributed by atoms with Crippen LogP contribution in [0.25, 0.3) is 22.3 Å². The highest BCUT2D eigenvalue weighted by atomic mass is 17.2. The number of phenols is 3. The van der Waals surface area contributed by atoms with Gasteiger partial charge < -0.3 is 29.7 Å². The Balaban J connectivity index is 2.31. The predicted molar refractivity (Wildman–Crippen MR) is 82.2 cm³/mol. The normalized spacial score (nSPS) is 10.9. The molecule has 0 aliphatic heterocycles. The van der Waals surface area contributed by atoms with Gasteiger partial charge in [0, 0.05) is 17.7 Å². The highest BCUT2D eigenvalue weighted by Crippen LogP contribution is 2.37. The first-order valence-electron chi connectivity index (χ1n) is 6.68.